The second-order valence-electron chi connectivity index (χ2n) is 7.46. The van der Waals surface area contributed by atoms with Crippen molar-refractivity contribution in [3.63, 3.8) is 0 Å². The van der Waals surface area contributed by atoms with Crippen LogP contribution >= 0.6 is 12.4 Å². The smallest absolute Gasteiger partial charge is 0.325 e. The number of nitrogens with zero attached hydrogens (tertiary/aromatic N) is 2. The van der Waals surface area contributed by atoms with E-state index < -0.39 is 17.6 Å². The van der Waals surface area contributed by atoms with Crippen LogP contribution in [0.1, 0.15) is 44.6 Å². The Balaban J connectivity index is 0.00000280. The number of nitrogens with two attached hydrogens (primary N) is 1. The van der Waals surface area contributed by atoms with Gasteiger partial charge in [-0.3, -0.25) is 9.59 Å². The summed E-state index contributed by atoms with van der Waals surface area (Å²) in [5.74, 6) is -0.491. The number of hydrogen-bond donors (Lipinski definition) is 2. The highest BCUT2D eigenvalue weighted by Gasteiger charge is 2.54. The number of halogens is 1. The molecule has 1 aliphatic carbocycles. The van der Waals surface area contributed by atoms with Crippen LogP contribution in [-0.4, -0.2) is 52.3 Å². The average Bonchev–Trinajstić information content (AvgIpc) is 3.23. The largest absolute Gasteiger partial charge is 0.337 e. The van der Waals surface area contributed by atoms with Gasteiger partial charge in [-0.15, -0.1) is 12.4 Å². The topological polar surface area (TPSA) is 95.7 Å². The molecule has 3 rings (SSSR count). The second-order valence-corrected chi connectivity index (χ2v) is 7.46. The second kappa shape index (κ2) is 9.39. The number of amides is 4. The van der Waals surface area contributed by atoms with E-state index in [1.54, 1.807) is 11.8 Å². The third kappa shape index (κ3) is 4.31. The molecule has 1 atom stereocenters. The van der Waals surface area contributed by atoms with Gasteiger partial charge in [-0.25, -0.2) is 9.69 Å². The first-order chi connectivity index (χ1) is 13.0. The molecule has 3 N–H and O–H groups in total. The van der Waals surface area contributed by atoms with Crippen molar-refractivity contribution in [2.45, 2.75) is 57.2 Å². The summed E-state index contributed by atoms with van der Waals surface area (Å²) in [5.41, 5.74) is 5.83. The highest BCUT2D eigenvalue weighted by molar-refractivity contribution is 6.09. The summed E-state index contributed by atoms with van der Waals surface area (Å²) in [4.78, 5) is 41.4. The van der Waals surface area contributed by atoms with Crippen molar-refractivity contribution in [2.24, 2.45) is 5.73 Å². The summed E-state index contributed by atoms with van der Waals surface area (Å²) in [7, 11) is 0. The van der Waals surface area contributed by atoms with Crippen LogP contribution in [0.15, 0.2) is 30.3 Å². The van der Waals surface area contributed by atoms with Crippen LogP contribution in [0.2, 0.25) is 0 Å². The molecule has 1 unspecified atom stereocenters. The average molecular weight is 409 g/mol. The number of urea groups is 1. The van der Waals surface area contributed by atoms with Gasteiger partial charge in [0, 0.05) is 13.1 Å². The van der Waals surface area contributed by atoms with Gasteiger partial charge in [0.05, 0.1) is 0 Å². The molecule has 0 radical (unpaired) electrons. The fourth-order valence-corrected chi connectivity index (χ4v) is 4.04. The molecule has 4 amide bonds. The van der Waals surface area contributed by atoms with Crippen LogP contribution in [0.4, 0.5) is 4.79 Å². The van der Waals surface area contributed by atoms with Crippen molar-refractivity contribution in [2.75, 3.05) is 13.1 Å². The van der Waals surface area contributed by atoms with E-state index in [0.29, 0.717) is 38.9 Å². The van der Waals surface area contributed by atoms with Crippen LogP contribution in [0.3, 0.4) is 0 Å². The van der Waals surface area contributed by atoms with E-state index in [1.807, 2.05) is 30.3 Å². The fourth-order valence-electron chi connectivity index (χ4n) is 4.04. The number of imide groups is 1. The first-order valence-corrected chi connectivity index (χ1v) is 9.67. The Labute approximate surface area is 172 Å². The highest BCUT2D eigenvalue weighted by Crippen LogP contribution is 2.36. The van der Waals surface area contributed by atoms with Gasteiger partial charge in [0.2, 0.25) is 5.91 Å². The lowest BCUT2D eigenvalue weighted by Crippen LogP contribution is -2.51. The predicted octanol–water partition coefficient (Wildman–Crippen LogP) is 2.04. The number of benzene rings is 1. The Hall–Kier alpha value is -2.12. The van der Waals surface area contributed by atoms with Crippen LogP contribution in [-0.2, 0) is 16.1 Å². The van der Waals surface area contributed by atoms with Crippen LogP contribution in [0.5, 0.6) is 0 Å². The van der Waals surface area contributed by atoms with Crippen LogP contribution in [0, 0.1) is 0 Å². The van der Waals surface area contributed by atoms with Crippen molar-refractivity contribution in [3.05, 3.63) is 35.9 Å². The molecule has 28 heavy (non-hydrogen) atoms. The lowest BCUT2D eigenvalue weighted by Gasteiger charge is -2.30. The molecule has 1 aromatic rings. The van der Waals surface area contributed by atoms with Gasteiger partial charge in [0.1, 0.15) is 11.6 Å². The zero-order valence-electron chi connectivity index (χ0n) is 16.2. The van der Waals surface area contributed by atoms with Crippen molar-refractivity contribution in [1.29, 1.82) is 0 Å². The van der Waals surface area contributed by atoms with Gasteiger partial charge >= 0.3 is 6.03 Å². The molecule has 7 nitrogen and oxygen atoms in total. The van der Waals surface area contributed by atoms with Crippen molar-refractivity contribution in [3.8, 4) is 0 Å². The van der Waals surface area contributed by atoms with E-state index in [9.17, 15) is 14.4 Å². The summed E-state index contributed by atoms with van der Waals surface area (Å²) in [6, 6.07) is 8.38. The van der Waals surface area contributed by atoms with Gasteiger partial charge in [0.25, 0.3) is 5.91 Å². The molecule has 1 spiro atoms. The molecule has 8 heteroatoms. The van der Waals surface area contributed by atoms with Crippen molar-refractivity contribution >= 4 is 30.3 Å². The maximum atomic E-state index is 13.1. The van der Waals surface area contributed by atoms with E-state index in [0.717, 1.165) is 23.3 Å². The molecule has 1 heterocycles. The number of rotatable bonds is 7. The molecule has 1 saturated heterocycles. The summed E-state index contributed by atoms with van der Waals surface area (Å²) < 4.78 is 0. The van der Waals surface area contributed by atoms with E-state index in [4.69, 9.17) is 5.73 Å². The third-order valence-corrected chi connectivity index (χ3v) is 5.56. The maximum Gasteiger partial charge on any atom is 0.325 e. The molecular weight excluding hydrogens is 380 g/mol. The van der Waals surface area contributed by atoms with Crippen LogP contribution in [0.25, 0.3) is 0 Å². The van der Waals surface area contributed by atoms with Gasteiger partial charge in [-0.1, -0.05) is 43.2 Å². The summed E-state index contributed by atoms with van der Waals surface area (Å²) in [6.07, 6.45) is 3.79. The van der Waals surface area contributed by atoms with E-state index in [1.165, 1.54) is 0 Å². The lowest BCUT2D eigenvalue weighted by molar-refractivity contribution is -0.143. The lowest BCUT2D eigenvalue weighted by atomic mass is 9.97. The van der Waals surface area contributed by atoms with Gasteiger partial charge in [0.15, 0.2) is 0 Å². The number of carbonyl (C=O) groups excluding carboxylic acids is 3. The Morgan fingerprint density at radius 3 is 2.50 bits per heavy atom. The number of carbonyl (C=O) groups is 3. The quantitative estimate of drug-likeness (QED) is 0.675. The summed E-state index contributed by atoms with van der Waals surface area (Å²) in [5, 5.41) is 2.84. The molecule has 1 aliphatic heterocycles. The predicted molar refractivity (Wildman–Crippen MR) is 109 cm³/mol. The van der Waals surface area contributed by atoms with E-state index in [-0.39, 0.29) is 24.2 Å². The SMILES string of the molecule is CC(C(=O)N(CCCN)Cc1ccccc1)N1C(=O)NC2(CCCC2)C1=O.Cl. The highest BCUT2D eigenvalue weighted by atomic mass is 35.5. The molecule has 154 valence electrons. The van der Waals surface area contributed by atoms with Gasteiger partial charge in [-0.2, -0.15) is 0 Å². The minimum atomic E-state index is -0.834. The minimum absolute atomic E-state index is 0. The Kier molecular flexibility index (Phi) is 7.43. The van der Waals surface area contributed by atoms with Crippen molar-refractivity contribution < 1.29 is 14.4 Å². The molecular formula is C20H29ClN4O3. The van der Waals surface area contributed by atoms with Crippen molar-refractivity contribution in [1.82, 2.24) is 15.1 Å². The maximum absolute atomic E-state index is 13.1. The number of nitrogens with one attached hydrogen (secondary N) is 1. The van der Waals surface area contributed by atoms with Gasteiger partial charge in [-0.05, 0) is 38.3 Å². The first-order valence-electron chi connectivity index (χ1n) is 9.67. The molecule has 0 aromatic heterocycles. The van der Waals surface area contributed by atoms with E-state index >= 15 is 0 Å². The zero-order valence-corrected chi connectivity index (χ0v) is 17.0. The normalized spacial score (nSPS) is 18.7. The minimum Gasteiger partial charge on any atom is -0.337 e. The monoisotopic (exact) mass is 408 g/mol. The zero-order chi connectivity index (χ0) is 19.4. The Bertz CT molecular complexity index is 707. The summed E-state index contributed by atoms with van der Waals surface area (Å²) in [6.45, 7) is 3.02. The molecule has 1 saturated carbocycles. The molecule has 0 bridgehead atoms. The molecule has 1 aromatic carbocycles. The number of hydrogen-bond acceptors (Lipinski definition) is 4. The molecule has 2 fully saturated rings. The third-order valence-electron chi connectivity index (χ3n) is 5.56. The van der Waals surface area contributed by atoms with Crippen LogP contribution < -0.4 is 11.1 Å². The first kappa shape index (κ1) is 22.2. The van der Waals surface area contributed by atoms with E-state index in [2.05, 4.69) is 5.32 Å². The van der Waals surface area contributed by atoms with Gasteiger partial charge < -0.3 is 16.0 Å². The molecule has 2 aliphatic rings. The summed E-state index contributed by atoms with van der Waals surface area (Å²) >= 11 is 0. The Morgan fingerprint density at radius 1 is 1.25 bits per heavy atom. The fraction of sp³-hybridized carbons (Fsp3) is 0.550. The standard InChI is InChI=1S/C20H28N4O3.ClH/c1-15(24-18(26)20(22-19(24)27)10-5-6-11-20)17(25)23(13-7-12-21)14-16-8-3-2-4-9-16;/h2-4,8-9,15H,5-7,10-14,21H2,1H3,(H,22,27);1H. The Morgan fingerprint density at radius 2 is 1.89 bits per heavy atom.